The minimum atomic E-state index is 0.534. The van der Waals surface area contributed by atoms with Gasteiger partial charge in [-0.1, -0.05) is 0 Å². The first-order valence-electron chi connectivity index (χ1n) is 5.21. The lowest BCUT2D eigenvalue weighted by Gasteiger charge is -2.13. The second kappa shape index (κ2) is 2.95. The quantitative estimate of drug-likeness (QED) is 0.652. The Labute approximate surface area is 92.9 Å². The Kier molecular flexibility index (Phi) is 1.69. The Morgan fingerprint density at radius 1 is 1.50 bits per heavy atom. The van der Waals surface area contributed by atoms with Crippen LogP contribution in [0.4, 0.5) is 5.82 Å². The maximum Gasteiger partial charge on any atom is 0.175 e. The van der Waals surface area contributed by atoms with Crippen molar-refractivity contribution in [1.82, 2.24) is 14.6 Å². The second-order valence-electron chi connectivity index (χ2n) is 4.08. The van der Waals surface area contributed by atoms with Gasteiger partial charge in [0, 0.05) is 24.8 Å². The van der Waals surface area contributed by atoms with Gasteiger partial charge >= 0.3 is 0 Å². The highest BCUT2D eigenvalue weighted by Gasteiger charge is 2.23. The Morgan fingerprint density at radius 2 is 2.31 bits per heavy atom. The molecular weight excluding hydrogens is 202 g/mol. The third-order valence-electron chi connectivity index (χ3n) is 3.10. The van der Waals surface area contributed by atoms with Gasteiger partial charge in [0.2, 0.25) is 0 Å². The number of aromatic nitrogens is 3. The Balaban J connectivity index is 2.45. The molecule has 0 saturated heterocycles. The van der Waals surface area contributed by atoms with Gasteiger partial charge in [0.1, 0.15) is 17.5 Å². The molecule has 0 aromatic carbocycles. The van der Waals surface area contributed by atoms with Crippen LogP contribution in [0.1, 0.15) is 16.8 Å². The van der Waals surface area contributed by atoms with Gasteiger partial charge in [-0.25, -0.2) is 4.98 Å². The average molecular weight is 213 g/mol. The van der Waals surface area contributed by atoms with Gasteiger partial charge < -0.3 is 4.90 Å². The predicted octanol–water partition coefficient (Wildman–Crippen LogP) is 0.902. The Hall–Kier alpha value is -2.09. The molecule has 0 aliphatic carbocycles. The molecule has 2 aromatic heterocycles. The summed E-state index contributed by atoms with van der Waals surface area (Å²) in [6, 6.07) is 2.12. The van der Waals surface area contributed by atoms with Crippen molar-refractivity contribution in [3.8, 4) is 6.07 Å². The van der Waals surface area contributed by atoms with Crippen molar-refractivity contribution in [2.45, 2.75) is 13.3 Å². The number of anilines is 1. The molecule has 0 saturated carbocycles. The fourth-order valence-corrected chi connectivity index (χ4v) is 2.27. The van der Waals surface area contributed by atoms with E-state index in [-0.39, 0.29) is 0 Å². The highest BCUT2D eigenvalue weighted by atomic mass is 15.3. The minimum Gasteiger partial charge on any atom is -0.359 e. The van der Waals surface area contributed by atoms with Crippen molar-refractivity contribution in [3.05, 3.63) is 23.0 Å². The molecule has 1 aliphatic heterocycles. The van der Waals surface area contributed by atoms with Crippen molar-refractivity contribution in [3.63, 3.8) is 0 Å². The molecule has 0 radical (unpaired) electrons. The second-order valence-corrected chi connectivity index (χ2v) is 4.08. The summed E-state index contributed by atoms with van der Waals surface area (Å²) in [6.07, 6.45) is 2.58. The fraction of sp³-hybridized carbons (Fsp3) is 0.364. The summed E-state index contributed by atoms with van der Waals surface area (Å²) in [5.74, 6) is 1.07. The van der Waals surface area contributed by atoms with E-state index < -0.39 is 0 Å². The van der Waals surface area contributed by atoms with Crippen molar-refractivity contribution < 1.29 is 0 Å². The van der Waals surface area contributed by atoms with Gasteiger partial charge in [0.15, 0.2) is 5.65 Å². The lowest BCUT2D eigenvalue weighted by atomic mass is 10.2. The van der Waals surface area contributed by atoms with Crippen LogP contribution in [0, 0.1) is 18.3 Å². The summed E-state index contributed by atoms with van der Waals surface area (Å²) in [5, 5.41) is 13.2. The van der Waals surface area contributed by atoms with E-state index in [2.05, 4.69) is 21.1 Å². The Morgan fingerprint density at radius 3 is 3.06 bits per heavy atom. The first-order chi connectivity index (χ1) is 7.72. The zero-order valence-corrected chi connectivity index (χ0v) is 9.23. The van der Waals surface area contributed by atoms with Crippen LogP contribution in [-0.2, 0) is 6.42 Å². The first kappa shape index (κ1) is 9.16. The van der Waals surface area contributed by atoms with Crippen LogP contribution in [0.2, 0.25) is 0 Å². The fourth-order valence-electron chi connectivity index (χ4n) is 2.27. The Bertz CT molecular complexity index is 619. The minimum absolute atomic E-state index is 0.534. The summed E-state index contributed by atoms with van der Waals surface area (Å²) < 4.78 is 1.77. The SMILES string of the molecule is Cc1nc2c(C#N)cnn2c2c1CCN2C. The van der Waals surface area contributed by atoms with Crippen LogP contribution in [-0.4, -0.2) is 28.2 Å². The molecule has 0 unspecified atom stereocenters. The number of hydrogen-bond donors (Lipinski definition) is 0. The zero-order chi connectivity index (χ0) is 11.3. The zero-order valence-electron chi connectivity index (χ0n) is 9.23. The van der Waals surface area contributed by atoms with Gasteiger partial charge in [-0.2, -0.15) is 14.9 Å². The number of hydrogen-bond acceptors (Lipinski definition) is 4. The topological polar surface area (TPSA) is 57.2 Å². The van der Waals surface area contributed by atoms with Crippen molar-refractivity contribution in [2.24, 2.45) is 0 Å². The third kappa shape index (κ3) is 0.986. The lowest BCUT2D eigenvalue weighted by Crippen LogP contribution is -2.16. The molecule has 0 spiro atoms. The van der Waals surface area contributed by atoms with E-state index in [9.17, 15) is 0 Å². The molecule has 0 N–H and O–H groups in total. The van der Waals surface area contributed by atoms with Gasteiger partial charge in [-0.15, -0.1) is 0 Å². The van der Waals surface area contributed by atoms with Crippen LogP contribution >= 0.6 is 0 Å². The van der Waals surface area contributed by atoms with E-state index in [1.165, 1.54) is 5.56 Å². The van der Waals surface area contributed by atoms with Crippen LogP contribution < -0.4 is 4.90 Å². The first-order valence-corrected chi connectivity index (χ1v) is 5.21. The number of fused-ring (bicyclic) bond motifs is 3. The average Bonchev–Trinajstić information content (AvgIpc) is 2.82. The molecule has 16 heavy (non-hydrogen) atoms. The summed E-state index contributed by atoms with van der Waals surface area (Å²) >= 11 is 0. The summed E-state index contributed by atoms with van der Waals surface area (Å²) in [7, 11) is 2.04. The molecule has 1 aliphatic rings. The summed E-state index contributed by atoms with van der Waals surface area (Å²) in [4.78, 5) is 6.62. The number of aryl methyl sites for hydroxylation is 1. The van der Waals surface area contributed by atoms with E-state index in [1.54, 1.807) is 10.7 Å². The monoisotopic (exact) mass is 213 g/mol. The molecule has 0 atom stereocenters. The number of likely N-dealkylation sites (N-methyl/N-ethyl adjacent to an activating group) is 1. The van der Waals surface area contributed by atoms with Crippen LogP contribution in [0.15, 0.2) is 6.20 Å². The van der Waals surface area contributed by atoms with Crippen LogP contribution in [0.25, 0.3) is 5.65 Å². The molecule has 0 bridgehead atoms. The van der Waals surface area contributed by atoms with E-state index in [0.717, 1.165) is 24.5 Å². The number of nitrogens with zero attached hydrogens (tertiary/aromatic N) is 5. The van der Waals surface area contributed by atoms with Crippen molar-refractivity contribution >= 4 is 11.5 Å². The molecule has 80 valence electrons. The standard InChI is InChI=1S/C11H11N5/c1-7-9-3-4-15(2)11(9)16-10(14-7)8(5-12)6-13-16/h6H,3-4H2,1-2H3. The van der Waals surface area contributed by atoms with E-state index in [0.29, 0.717) is 11.2 Å². The summed E-state index contributed by atoms with van der Waals surface area (Å²) in [5.41, 5.74) is 3.44. The third-order valence-corrected chi connectivity index (χ3v) is 3.10. The molecule has 5 heteroatoms. The van der Waals surface area contributed by atoms with Crippen LogP contribution in [0.5, 0.6) is 0 Å². The van der Waals surface area contributed by atoms with E-state index >= 15 is 0 Å². The van der Waals surface area contributed by atoms with E-state index in [4.69, 9.17) is 5.26 Å². The normalized spacial score (nSPS) is 14.2. The highest BCUT2D eigenvalue weighted by molar-refractivity contribution is 5.64. The maximum absolute atomic E-state index is 8.97. The lowest BCUT2D eigenvalue weighted by molar-refractivity contribution is 0.883. The van der Waals surface area contributed by atoms with Gasteiger partial charge in [-0.05, 0) is 13.3 Å². The molecule has 3 rings (SSSR count). The smallest absolute Gasteiger partial charge is 0.175 e. The molecular formula is C11H11N5. The van der Waals surface area contributed by atoms with Gasteiger partial charge in [0.25, 0.3) is 0 Å². The molecule has 0 amide bonds. The van der Waals surface area contributed by atoms with Crippen molar-refractivity contribution in [1.29, 1.82) is 5.26 Å². The number of nitriles is 1. The molecule has 0 fully saturated rings. The highest BCUT2D eigenvalue weighted by Crippen LogP contribution is 2.29. The number of rotatable bonds is 0. The van der Waals surface area contributed by atoms with Crippen LogP contribution in [0.3, 0.4) is 0 Å². The van der Waals surface area contributed by atoms with Gasteiger partial charge in [0.05, 0.1) is 6.20 Å². The van der Waals surface area contributed by atoms with E-state index in [1.807, 2.05) is 14.0 Å². The van der Waals surface area contributed by atoms with Gasteiger partial charge in [-0.3, -0.25) is 0 Å². The maximum atomic E-state index is 8.97. The molecule has 2 aromatic rings. The molecule has 5 nitrogen and oxygen atoms in total. The van der Waals surface area contributed by atoms with Crippen molar-refractivity contribution in [2.75, 3.05) is 18.5 Å². The predicted molar refractivity (Wildman–Crippen MR) is 59.4 cm³/mol. The summed E-state index contributed by atoms with van der Waals surface area (Å²) in [6.45, 7) is 2.98. The largest absolute Gasteiger partial charge is 0.359 e. The molecule has 3 heterocycles.